The molecule has 2 N–H and O–H groups in total. The molecule has 138 valence electrons. The van der Waals surface area contributed by atoms with Gasteiger partial charge in [0.25, 0.3) is 5.91 Å². The SMILES string of the molecule is Cc1cc(F)ccc1-n1cc(O)c(C(=O)N2CC[C@@H]3CNC[C@@H]3CC2)n1. The summed E-state index contributed by atoms with van der Waals surface area (Å²) < 4.78 is 14.7. The second-order valence-electron chi connectivity index (χ2n) is 7.29. The van der Waals surface area contributed by atoms with Gasteiger partial charge in [-0.25, -0.2) is 9.07 Å². The zero-order chi connectivity index (χ0) is 18.3. The number of aromatic hydroxyl groups is 1. The largest absolute Gasteiger partial charge is 0.504 e. The fourth-order valence-electron chi connectivity index (χ4n) is 4.09. The normalized spacial score (nSPS) is 22.9. The van der Waals surface area contributed by atoms with Gasteiger partial charge < -0.3 is 15.3 Å². The number of fused-ring (bicyclic) bond motifs is 1. The van der Waals surface area contributed by atoms with Crippen LogP contribution in [0.3, 0.4) is 0 Å². The summed E-state index contributed by atoms with van der Waals surface area (Å²) in [5.41, 5.74) is 1.37. The van der Waals surface area contributed by atoms with E-state index in [0.29, 0.717) is 36.2 Å². The van der Waals surface area contributed by atoms with Gasteiger partial charge in [0.2, 0.25) is 0 Å². The van der Waals surface area contributed by atoms with E-state index < -0.39 is 0 Å². The van der Waals surface area contributed by atoms with Gasteiger partial charge in [-0.15, -0.1) is 0 Å². The lowest BCUT2D eigenvalue weighted by atomic mass is 9.92. The van der Waals surface area contributed by atoms with E-state index in [9.17, 15) is 14.3 Å². The lowest BCUT2D eigenvalue weighted by Crippen LogP contribution is -2.33. The quantitative estimate of drug-likeness (QED) is 0.863. The minimum absolute atomic E-state index is 0.0545. The van der Waals surface area contributed by atoms with Crippen LogP contribution in [-0.2, 0) is 0 Å². The molecule has 2 aromatic rings. The number of halogens is 1. The van der Waals surface area contributed by atoms with Crippen molar-refractivity contribution in [3.05, 3.63) is 41.5 Å². The zero-order valence-corrected chi connectivity index (χ0v) is 14.8. The predicted molar refractivity (Wildman–Crippen MR) is 94.9 cm³/mol. The average Bonchev–Trinajstić information content (AvgIpc) is 3.16. The van der Waals surface area contributed by atoms with Crippen LogP contribution in [0.1, 0.15) is 28.9 Å². The lowest BCUT2D eigenvalue weighted by Gasteiger charge is -2.19. The Balaban J connectivity index is 1.56. The molecule has 0 spiro atoms. The number of aromatic nitrogens is 2. The minimum atomic E-state index is -0.330. The molecule has 26 heavy (non-hydrogen) atoms. The molecule has 1 amide bonds. The molecule has 2 saturated heterocycles. The van der Waals surface area contributed by atoms with Crippen molar-refractivity contribution in [3.8, 4) is 11.4 Å². The number of likely N-dealkylation sites (tertiary alicyclic amines) is 1. The second kappa shape index (κ2) is 6.72. The number of benzene rings is 1. The van der Waals surface area contributed by atoms with Crippen LogP contribution in [0.25, 0.3) is 5.69 Å². The molecule has 2 fully saturated rings. The highest BCUT2D eigenvalue weighted by Gasteiger charge is 2.33. The highest BCUT2D eigenvalue weighted by atomic mass is 19.1. The van der Waals surface area contributed by atoms with Crippen LogP contribution in [0.2, 0.25) is 0 Å². The molecule has 6 nitrogen and oxygen atoms in total. The van der Waals surface area contributed by atoms with E-state index in [4.69, 9.17) is 0 Å². The van der Waals surface area contributed by atoms with Crippen LogP contribution in [0.15, 0.2) is 24.4 Å². The molecular formula is C19H23FN4O2. The first-order valence-corrected chi connectivity index (χ1v) is 9.08. The molecule has 2 atom stereocenters. The first-order valence-electron chi connectivity index (χ1n) is 9.08. The summed E-state index contributed by atoms with van der Waals surface area (Å²) in [5.74, 6) is 0.531. The molecule has 0 saturated carbocycles. The third-order valence-corrected chi connectivity index (χ3v) is 5.61. The van der Waals surface area contributed by atoms with E-state index in [0.717, 1.165) is 25.9 Å². The van der Waals surface area contributed by atoms with Gasteiger partial charge in [-0.3, -0.25) is 4.79 Å². The number of hydrogen-bond acceptors (Lipinski definition) is 4. The van der Waals surface area contributed by atoms with Crippen molar-refractivity contribution in [2.75, 3.05) is 26.2 Å². The Morgan fingerprint density at radius 3 is 2.62 bits per heavy atom. The van der Waals surface area contributed by atoms with Crippen LogP contribution >= 0.6 is 0 Å². The van der Waals surface area contributed by atoms with Crippen molar-refractivity contribution in [1.82, 2.24) is 20.0 Å². The Kier molecular flexibility index (Phi) is 4.40. The summed E-state index contributed by atoms with van der Waals surface area (Å²) in [7, 11) is 0. The first-order chi connectivity index (χ1) is 12.5. The molecule has 1 aromatic carbocycles. The van der Waals surface area contributed by atoms with Gasteiger partial charge in [-0.05, 0) is 68.5 Å². The maximum absolute atomic E-state index is 13.3. The third kappa shape index (κ3) is 3.07. The number of nitrogens with zero attached hydrogens (tertiary/aromatic N) is 3. The molecule has 0 unspecified atom stereocenters. The second-order valence-corrected chi connectivity index (χ2v) is 7.29. The van der Waals surface area contributed by atoms with Gasteiger partial charge in [-0.1, -0.05) is 0 Å². The summed E-state index contributed by atoms with van der Waals surface area (Å²) in [4.78, 5) is 14.7. The molecule has 0 aliphatic carbocycles. The van der Waals surface area contributed by atoms with E-state index in [1.54, 1.807) is 17.9 Å². The Morgan fingerprint density at radius 2 is 1.96 bits per heavy atom. The van der Waals surface area contributed by atoms with Crippen LogP contribution in [0.5, 0.6) is 5.75 Å². The molecule has 2 aliphatic rings. The van der Waals surface area contributed by atoms with Crippen molar-refractivity contribution in [1.29, 1.82) is 0 Å². The highest BCUT2D eigenvalue weighted by molar-refractivity contribution is 5.94. The van der Waals surface area contributed by atoms with E-state index in [1.165, 1.54) is 23.0 Å². The lowest BCUT2D eigenvalue weighted by molar-refractivity contribution is 0.0749. The van der Waals surface area contributed by atoms with Gasteiger partial charge >= 0.3 is 0 Å². The monoisotopic (exact) mass is 358 g/mol. The number of hydrogen-bond donors (Lipinski definition) is 2. The molecule has 4 rings (SSSR count). The van der Waals surface area contributed by atoms with Crippen molar-refractivity contribution in [2.24, 2.45) is 11.8 Å². The summed E-state index contributed by atoms with van der Waals surface area (Å²) in [5, 5.41) is 18.0. The van der Waals surface area contributed by atoms with Crippen molar-refractivity contribution in [2.45, 2.75) is 19.8 Å². The van der Waals surface area contributed by atoms with E-state index in [2.05, 4.69) is 10.4 Å². The first kappa shape index (κ1) is 17.0. The smallest absolute Gasteiger partial charge is 0.278 e. The van der Waals surface area contributed by atoms with Crippen LogP contribution in [0.4, 0.5) is 4.39 Å². The Morgan fingerprint density at radius 1 is 1.27 bits per heavy atom. The molecule has 3 heterocycles. The fraction of sp³-hybridized carbons (Fsp3) is 0.474. The maximum Gasteiger partial charge on any atom is 0.278 e. The van der Waals surface area contributed by atoms with Crippen molar-refractivity contribution >= 4 is 5.91 Å². The molecule has 2 aliphatic heterocycles. The molecular weight excluding hydrogens is 335 g/mol. The number of rotatable bonds is 2. The number of nitrogens with one attached hydrogen (secondary N) is 1. The molecule has 7 heteroatoms. The summed E-state index contributed by atoms with van der Waals surface area (Å²) in [6.45, 7) is 5.18. The average molecular weight is 358 g/mol. The maximum atomic E-state index is 13.3. The highest BCUT2D eigenvalue weighted by Crippen LogP contribution is 2.29. The van der Waals surface area contributed by atoms with E-state index in [-0.39, 0.29) is 23.2 Å². The summed E-state index contributed by atoms with van der Waals surface area (Å²) in [6.07, 6.45) is 3.36. The molecule has 0 bridgehead atoms. The predicted octanol–water partition coefficient (Wildman–Crippen LogP) is 2.10. The number of carbonyl (C=O) groups is 1. The van der Waals surface area contributed by atoms with E-state index in [1.807, 2.05) is 0 Å². The Bertz CT molecular complexity index is 821. The van der Waals surface area contributed by atoms with Crippen molar-refractivity contribution in [3.63, 3.8) is 0 Å². The fourth-order valence-corrected chi connectivity index (χ4v) is 4.09. The molecule has 0 radical (unpaired) electrons. The van der Waals surface area contributed by atoms with Crippen LogP contribution in [-0.4, -0.2) is 51.9 Å². The minimum Gasteiger partial charge on any atom is -0.504 e. The van der Waals surface area contributed by atoms with Crippen LogP contribution < -0.4 is 5.32 Å². The van der Waals surface area contributed by atoms with Gasteiger partial charge in [0.1, 0.15) is 5.82 Å². The number of aryl methyl sites for hydroxylation is 1. The van der Waals surface area contributed by atoms with Gasteiger partial charge in [0, 0.05) is 13.1 Å². The summed E-state index contributed by atoms with van der Waals surface area (Å²) >= 11 is 0. The molecule has 1 aromatic heterocycles. The number of carbonyl (C=O) groups excluding carboxylic acids is 1. The number of amides is 1. The van der Waals surface area contributed by atoms with Gasteiger partial charge in [0.05, 0.1) is 11.9 Å². The zero-order valence-electron chi connectivity index (χ0n) is 14.8. The summed E-state index contributed by atoms with van der Waals surface area (Å²) in [6, 6.07) is 4.33. The third-order valence-electron chi connectivity index (χ3n) is 5.61. The van der Waals surface area contributed by atoms with Crippen LogP contribution in [0, 0.1) is 24.6 Å². The standard InChI is InChI=1S/C19H23FN4O2/c1-12-8-15(20)2-3-16(12)24-11-17(25)18(22-24)19(26)23-6-4-13-9-21-10-14(13)5-7-23/h2-3,8,11,13-14,21,25H,4-7,9-10H2,1H3/t13-,14+. The van der Waals surface area contributed by atoms with Gasteiger partial charge in [0.15, 0.2) is 11.4 Å². The Hall–Kier alpha value is -2.41. The van der Waals surface area contributed by atoms with E-state index >= 15 is 0 Å². The topological polar surface area (TPSA) is 70.4 Å². The van der Waals surface area contributed by atoms with Crippen molar-refractivity contribution < 1.29 is 14.3 Å². The van der Waals surface area contributed by atoms with Gasteiger partial charge in [-0.2, -0.15) is 5.10 Å². The Labute approximate surface area is 151 Å².